The van der Waals surface area contributed by atoms with Crippen LogP contribution in [0.2, 0.25) is 0 Å². The lowest BCUT2D eigenvalue weighted by atomic mass is 10.1. The monoisotopic (exact) mass is 129 g/mol. The first-order chi connectivity index (χ1) is 4.05. The predicted octanol–water partition coefficient (Wildman–Crippen LogP) is 0.461. The Morgan fingerprint density at radius 1 is 1.56 bits per heavy atom. The number of hydrogen-bond acceptors (Lipinski definition) is 2. The first-order valence-corrected chi connectivity index (χ1v) is 3.43. The lowest BCUT2D eigenvalue weighted by Crippen LogP contribution is -2.28. The molecule has 1 rings (SSSR count). The van der Waals surface area contributed by atoms with Crippen LogP contribution in [0.25, 0.3) is 0 Å². The molecule has 2 unspecified atom stereocenters. The molecule has 0 aromatic carbocycles. The van der Waals surface area contributed by atoms with Gasteiger partial charge >= 0.3 is 0 Å². The quantitative estimate of drug-likeness (QED) is 0.520. The van der Waals surface area contributed by atoms with Gasteiger partial charge in [-0.3, -0.25) is 4.90 Å². The van der Waals surface area contributed by atoms with Crippen LogP contribution in [0.1, 0.15) is 20.8 Å². The van der Waals surface area contributed by atoms with Crippen molar-refractivity contribution in [3.63, 3.8) is 0 Å². The van der Waals surface area contributed by atoms with Gasteiger partial charge in [0.1, 0.15) is 0 Å². The molecule has 1 fully saturated rings. The minimum Gasteiger partial charge on any atom is -0.395 e. The molecule has 1 aliphatic heterocycles. The molecule has 0 bridgehead atoms. The van der Waals surface area contributed by atoms with E-state index in [0.29, 0.717) is 12.6 Å². The number of aliphatic hydroxyl groups excluding tert-OH is 1. The largest absolute Gasteiger partial charge is 0.395 e. The van der Waals surface area contributed by atoms with Gasteiger partial charge in [-0.1, -0.05) is 0 Å². The maximum atomic E-state index is 8.70. The van der Waals surface area contributed by atoms with Gasteiger partial charge in [0.2, 0.25) is 0 Å². The summed E-state index contributed by atoms with van der Waals surface area (Å²) in [4.78, 5) is 2.28. The van der Waals surface area contributed by atoms with Crippen LogP contribution in [0.4, 0.5) is 0 Å². The van der Waals surface area contributed by atoms with Crippen molar-refractivity contribution in [1.29, 1.82) is 0 Å². The van der Waals surface area contributed by atoms with Gasteiger partial charge in [0, 0.05) is 18.1 Å². The smallest absolute Gasteiger partial charge is 0.0599 e. The van der Waals surface area contributed by atoms with Gasteiger partial charge < -0.3 is 5.11 Å². The van der Waals surface area contributed by atoms with E-state index in [9.17, 15) is 0 Å². The van der Waals surface area contributed by atoms with Crippen molar-refractivity contribution in [2.24, 2.45) is 0 Å². The molecule has 1 aliphatic rings. The molecule has 0 saturated carbocycles. The molecule has 0 aromatic heterocycles. The fourth-order valence-corrected chi connectivity index (χ4v) is 1.16. The molecular weight excluding hydrogens is 114 g/mol. The Hall–Kier alpha value is -0.0800. The van der Waals surface area contributed by atoms with E-state index in [2.05, 4.69) is 25.7 Å². The molecule has 9 heavy (non-hydrogen) atoms. The SMILES string of the molecule is CC(C)(C)N1CC1CO. The lowest BCUT2D eigenvalue weighted by Gasteiger charge is -2.20. The van der Waals surface area contributed by atoms with Gasteiger partial charge in [-0.05, 0) is 20.8 Å². The van der Waals surface area contributed by atoms with Crippen molar-refractivity contribution in [1.82, 2.24) is 4.90 Å². The van der Waals surface area contributed by atoms with Crippen LogP contribution in [0.15, 0.2) is 0 Å². The molecule has 0 spiro atoms. The lowest BCUT2D eigenvalue weighted by molar-refractivity contribution is 0.224. The standard InChI is InChI=1S/C7H15NO/c1-7(2,3)8-4-6(8)5-9/h6,9H,4-5H2,1-3H3. The highest BCUT2D eigenvalue weighted by Crippen LogP contribution is 2.27. The third kappa shape index (κ3) is 1.43. The summed E-state index contributed by atoms with van der Waals surface area (Å²) in [6.07, 6.45) is 0. The molecule has 2 heteroatoms. The van der Waals surface area contributed by atoms with E-state index < -0.39 is 0 Å². The molecule has 2 atom stereocenters. The molecular formula is C7H15NO. The summed E-state index contributed by atoms with van der Waals surface area (Å²) in [6.45, 7) is 7.89. The fourth-order valence-electron chi connectivity index (χ4n) is 1.16. The number of nitrogens with zero attached hydrogens (tertiary/aromatic N) is 1. The minimum absolute atomic E-state index is 0.257. The van der Waals surface area contributed by atoms with Crippen molar-refractivity contribution in [2.75, 3.05) is 13.2 Å². The van der Waals surface area contributed by atoms with Crippen LogP contribution >= 0.6 is 0 Å². The second kappa shape index (κ2) is 1.96. The van der Waals surface area contributed by atoms with Gasteiger partial charge in [-0.2, -0.15) is 0 Å². The molecule has 1 saturated heterocycles. The zero-order chi connectivity index (χ0) is 7.07. The first-order valence-electron chi connectivity index (χ1n) is 3.43. The highest BCUT2D eigenvalue weighted by Gasteiger charge is 2.40. The topological polar surface area (TPSA) is 23.2 Å². The van der Waals surface area contributed by atoms with E-state index in [1.54, 1.807) is 0 Å². The molecule has 1 N–H and O–H groups in total. The summed E-state index contributed by atoms with van der Waals surface area (Å²) in [5, 5.41) is 8.70. The number of aliphatic hydroxyl groups is 1. The van der Waals surface area contributed by atoms with E-state index in [1.807, 2.05) is 0 Å². The Morgan fingerprint density at radius 2 is 2.11 bits per heavy atom. The van der Waals surface area contributed by atoms with Gasteiger partial charge in [-0.15, -0.1) is 0 Å². The Labute approximate surface area is 56.5 Å². The second-order valence-electron chi connectivity index (χ2n) is 3.66. The van der Waals surface area contributed by atoms with E-state index >= 15 is 0 Å². The van der Waals surface area contributed by atoms with Crippen molar-refractivity contribution < 1.29 is 5.11 Å². The molecule has 1 heterocycles. The van der Waals surface area contributed by atoms with Gasteiger partial charge in [0.25, 0.3) is 0 Å². The molecule has 54 valence electrons. The zero-order valence-electron chi connectivity index (χ0n) is 6.39. The maximum Gasteiger partial charge on any atom is 0.0599 e. The van der Waals surface area contributed by atoms with Crippen molar-refractivity contribution in [2.45, 2.75) is 32.4 Å². The average Bonchev–Trinajstić information content (AvgIpc) is 2.39. The second-order valence-corrected chi connectivity index (χ2v) is 3.66. The molecule has 0 amide bonds. The number of rotatable bonds is 1. The Morgan fingerprint density at radius 3 is 2.22 bits per heavy atom. The van der Waals surface area contributed by atoms with Crippen LogP contribution in [0.3, 0.4) is 0 Å². The molecule has 0 aliphatic carbocycles. The third-order valence-electron chi connectivity index (χ3n) is 1.79. The highest BCUT2D eigenvalue weighted by molar-refractivity contribution is 4.96. The summed E-state index contributed by atoms with van der Waals surface area (Å²) in [5.74, 6) is 0. The summed E-state index contributed by atoms with van der Waals surface area (Å²) >= 11 is 0. The van der Waals surface area contributed by atoms with E-state index in [4.69, 9.17) is 5.11 Å². The average molecular weight is 129 g/mol. The molecule has 0 radical (unpaired) electrons. The van der Waals surface area contributed by atoms with E-state index in [0.717, 1.165) is 6.54 Å². The Balaban J connectivity index is 2.33. The summed E-state index contributed by atoms with van der Waals surface area (Å²) in [6, 6.07) is 0.449. The van der Waals surface area contributed by atoms with E-state index in [1.165, 1.54) is 0 Å². The normalized spacial score (nSPS) is 34.7. The fraction of sp³-hybridized carbons (Fsp3) is 1.00. The van der Waals surface area contributed by atoms with Crippen molar-refractivity contribution in [3.8, 4) is 0 Å². The predicted molar refractivity (Wildman–Crippen MR) is 37.3 cm³/mol. The Bertz CT molecular complexity index is 106. The summed E-state index contributed by atoms with van der Waals surface area (Å²) < 4.78 is 0. The van der Waals surface area contributed by atoms with Gasteiger partial charge in [0.15, 0.2) is 0 Å². The first kappa shape index (κ1) is 7.03. The van der Waals surface area contributed by atoms with Crippen LogP contribution in [0.5, 0.6) is 0 Å². The highest BCUT2D eigenvalue weighted by atomic mass is 16.3. The third-order valence-corrected chi connectivity index (χ3v) is 1.79. The summed E-state index contributed by atoms with van der Waals surface area (Å²) in [7, 11) is 0. The van der Waals surface area contributed by atoms with Crippen LogP contribution in [-0.4, -0.2) is 34.7 Å². The van der Waals surface area contributed by atoms with Crippen molar-refractivity contribution >= 4 is 0 Å². The van der Waals surface area contributed by atoms with Crippen LogP contribution in [-0.2, 0) is 0 Å². The van der Waals surface area contributed by atoms with Gasteiger partial charge in [0.05, 0.1) is 6.61 Å². The van der Waals surface area contributed by atoms with E-state index in [-0.39, 0.29) is 5.54 Å². The van der Waals surface area contributed by atoms with Crippen LogP contribution in [0, 0.1) is 0 Å². The van der Waals surface area contributed by atoms with Crippen LogP contribution < -0.4 is 0 Å². The summed E-state index contributed by atoms with van der Waals surface area (Å²) in [5.41, 5.74) is 0.257. The van der Waals surface area contributed by atoms with Crippen molar-refractivity contribution in [3.05, 3.63) is 0 Å². The Kier molecular flexibility index (Phi) is 1.53. The molecule has 2 nitrogen and oxygen atoms in total. The zero-order valence-corrected chi connectivity index (χ0v) is 6.39. The van der Waals surface area contributed by atoms with Gasteiger partial charge in [-0.25, -0.2) is 0 Å². The molecule has 0 aromatic rings. The maximum absolute atomic E-state index is 8.70. The minimum atomic E-state index is 0.257. The number of hydrogen-bond donors (Lipinski definition) is 1.